The molecule has 5 rings (SSSR count). The summed E-state index contributed by atoms with van der Waals surface area (Å²) in [4.78, 5) is 4.28. The van der Waals surface area contributed by atoms with Gasteiger partial charge in [0.05, 0.1) is 0 Å². The molecule has 4 saturated carbocycles. The maximum Gasteiger partial charge on any atom is 0.0315 e. The molecule has 0 aliphatic heterocycles. The number of pyridine rings is 1. The number of aryl methyl sites for hydroxylation is 1. The summed E-state index contributed by atoms with van der Waals surface area (Å²) in [6.07, 6.45) is 13.0. The topological polar surface area (TPSA) is 24.9 Å². The Bertz CT molecular complexity index is 487. The van der Waals surface area contributed by atoms with Crippen LogP contribution in [0.2, 0.25) is 0 Å². The van der Waals surface area contributed by atoms with E-state index in [0.717, 1.165) is 24.3 Å². The summed E-state index contributed by atoms with van der Waals surface area (Å²) in [6, 6.07) is 2.76. The third kappa shape index (κ3) is 2.42. The normalized spacial score (nSPS) is 38.7. The maximum absolute atomic E-state index is 4.28. The van der Waals surface area contributed by atoms with Crippen molar-refractivity contribution in [1.29, 1.82) is 0 Å². The molecule has 1 N–H and O–H groups in total. The van der Waals surface area contributed by atoms with E-state index in [2.05, 4.69) is 30.2 Å². The molecule has 21 heavy (non-hydrogen) atoms. The summed E-state index contributed by atoms with van der Waals surface area (Å²) >= 11 is 0. The van der Waals surface area contributed by atoms with Gasteiger partial charge in [0.15, 0.2) is 0 Å². The summed E-state index contributed by atoms with van der Waals surface area (Å²) in [5.41, 5.74) is 3.31. The summed E-state index contributed by atoms with van der Waals surface area (Å²) in [7, 11) is 0. The minimum Gasteiger partial charge on any atom is -0.310 e. The van der Waals surface area contributed by atoms with Gasteiger partial charge in [0.25, 0.3) is 0 Å². The molecule has 0 spiro atoms. The SMILES string of the molecule is Cc1ccncc1CNC(C)C12CC3CC(CC(C3)C1)C2. The van der Waals surface area contributed by atoms with Crippen LogP contribution in [0.1, 0.15) is 56.6 Å². The van der Waals surface area contributed by atoms with Crippen molar-refractivity contribution in [1.82, 2.24) is 10.3 Å². The van der Waals surface area contributed by atoms with Gasteiger partial charge >= 0.3 is 0 Å². The first-order valence-corrected chi connectivity index (χ1v) is 8.77. The molecule has 0 radical (unpaired) electrons. The fourth-order valence-corrected chi connectivity index (χ4v) is 5.87. The summed E-state index contributed by atoms with van der Waals surface area (Å²) in [5, 5.41) is 3.86. The lowest BCUT2D eigenvalue weighted by atomic mass is 9.48. The molecular weight excluding hydrogens is 256 g/mol. The van der Waals surface area contributed by atoms with Crippen LogP contribution in [-0.4, -0.2) is 11.0 Å². The van der Waals surface area contributed by atoms with Crippen LogP contribution in [0.4, 0.5) is 0 Å². The van der Waals surface area contributed by atoms with Crippen molar-refractivity contribution < 1.29 is 0 Å². The van der Waals surface area contributed by atoms with E-state index in [1.807, 2.05) is 12.4 Å². The predicted molar refractivity (Wildman–Crippen MR) is 85.9 cm³/mol. The highest BCUT2D eigenvalue weighted by atomic mass is 14.9. The molecule has 4 aliphatic rings. The minimum atomic E-state index is 0.602. The molecule has 2 nitrogen and oxygen atoms in total. The van der Waals surface area contributed by atoms with Crippen molar-refractivity contribution in [2.24, 2.45) is 23.2 Å². The lowest BCUT2D eigenvalue weighted by Gasteiger charge is -2.59. The van der Waals surface area contributed by atoms with Gasteiger partial charge in [-0.25, -0.2) is 0 Å². The van der Waals surface area contributed by atoms with E-state index >= 15 is 0 Å². The molecule has 1 unspecified atom stereocenters. The standard InChI is InChI=1S/C19H28N2/c1-13-3-4-20-11-18(13)12-21-14(2)19-8-15-5-16(9-19)7-17(6-15)10-19/h3-4,11,14-17,21H,5-10,12H2,1-2H3. The first-order chi connectivity index (χ1) is 10.1. The monoisotopic (exact) mass is 284 g/mol. The molecule has 1 aromatic heterocycles. The molecule has 0 aromatic carbocycles. The van der Waals surface area contributed by atoms with Gasteiger partial charge in [-0.3, -0.25) is 4.98 Å². The van der Waals surface area contributed by atoms with E-state index < -0.39 is 0 Å². The summed E-state index contributed by atoms with van der Waals surface area (Å²) < 4.78 is 0. The second kappa shape index (κ2) is 5.08. The van der Waals surface area contributed by atoms with Crippen molar-refractivity contribution in [3.8, 4) is 0 Å². The number of aromatic nitrogens is 1. The van der Waals surface area contributed by atoms with Crippen molar-refractivity contribution in [2.45, 2.75) is 65.0 Å². The Morgan fingerprint density at radius 2 is 1.81 bits per heavy atom. The molecule has 4 aliphatic carbocycles. The second-order valence-electron chi connectivity index (χ2n) is 8.18. The largest absolute Gasteiger partial charge is 0.310 e. The van der Waals surface area contributed by atoms with Gasteiger partial charge in [-0.05, 0) is 92.7 Å². The van der Waals surface area contributed by atoms with Crippen molar-refractivity contribution >= 4 is 0 Å². The summed E-state index contributed by atoms with van der Waals surface area (Å²) in [6.45, 7) is 5.61. The molecule has 1 atom stereocenters. The van der Waals surface area contributed by atoms with Gasteiger partial charge in [0.2, 0.25) is 0 Å². The molecule has 0 saturated heterocycles. The van der Waals surface area contributed by atoms with Crippen molar-refractivity contribution in [3.63, 3.8) is 0 Å². The fourth-order valence-electron chi connectivity index (χ4n) is 5.87. The molecule has 2 heteroatoms. The first kappa shape index (κ1) is 13.8. The molecule has 4 fully saturated rings. The van der Waals surface area contributed by atoms with Crippen LogP contribution >= 0.6 is 0 Å². The summed E-state index contributed by atoms with van der Waals surface area (Å²) in [5.74, 6) is 3.13. The van der Waals surface area contributed by atoms with E-state index in [0.29, 0.717) is 11.5 Å². The van der Waals surface area contributed by atoms with Gasteiger partial charge in [0.1, 0.15) is 0 Å². The van der Waals surface area contributed by atoms with E-state index in [-0.39, 0.29) is 0 Å². The van der Waals surface area contributed by atoms with Crippen LogP contribution in [-0.2, 0) is 6.54 Å². The molecule has 4 bridgehead atoms. The van der Waals surface area contributed by atoms with Gasteiger partial charge in [-0.15, -0.1) is 0 Å². The molecular formula is C19H28N2. The number of rotatable bonds is 4. The van der Waals surface area contributed by atoms with Crippen molar-refractivity contribution in [3.05, 3.63) is 29.6 Å². The quantitative estimate of drug-likeness (QED) is 0.901. The van der Waals surface area contributed by atoms with Gasteiger partial charge in [0, 0.05) is 25.0 Å². The molecule has 1 heterocycles. The average molecular weight is 284 g/mol. The van der Waals surface area contributed by atoms with E-state index in [9.17, 15) is 0 Å². The highest BCUT2D eigenvalue weighted by Gasteiger charge is 2.52. The zero-order valence-corrected chi connectivity index (χ0v) is 13.4. The average Bonchev–Trinajstić information content (AvgIpc) is 2.44. The smallest absolute Gasteiger partial charge is 0.0315 e. The number of nitrogens with one attached hydrogen (secondary N) is 1. The Morgan fingerprint density at radius 1 is 1.19 bits per heavy atom. The lowest BCUT2D eigenvalue weighted by molar-refractivity contribution is -0.0706. The van der Waals surface area contributed by atoms with E-state index in [1.165, 1.54) is 49.7 Å². The Hall–Kier alpha value is -0.890. The van der Waals surface area contributed by atoms with Gasteiger partial charge < -0.3 is 5.32 Å². The molecule has 1 aromatic rings. The fraction of sp³-hybridized carbons (Fsp3) is 0.737. The van der Waals surface area contributed by atoms with Crippen LogP contribution in [0.25, 0.3) is 0 Å². The Labute approximate surface area is 128 Å². The van der Waals surface area contributed by atoms with Crippen LogP contribution in [0.5, 0.6) is 0 Å². The highest BCUT2D eigenvalue weighted by molar-refractivity contribution is 5.21. The highest BCUT2D eigenvalue weighted by Crippen LogP contribution is 2.61. The Kier molecular flexibility index (Phi) is 3.33. The van der Waals surface area contributed by atoms with E-state index in [1.54, 1.807) is 0 Å². The zero-order valence-electron chi connectivity index (χ0n) is 13.4. The second-order valence-corrected chi connectivity index (χ2v) is 8.18. The minimum absolute atomic E-state index is 0.602. The third-order valence-electron chi connectivity index (χ3n) is 6.75. The third-order valence-corrected chi connectivity index (χ3v) is 6.75. The van der Waals surface area contributed by atoms with Gasteiger partial charge in [-0.1, -0.05) is 0 Å². The number of nitrogens with zero attached hydrogens (tertiary/aromatic N) is 1. The number of hydrogen-bond donors (Lipinski definition) is 1. The van der Waals surface area contributed by atoms with Gasteiger partial charge in [-0.2, -0.15) is 0 Å². The zero-order chi connectivity index (χ0) is 14.4. The van der Waals surface area contributed by atoms with Crippen LogP contribution in [0.15, 0.2) is 18.5 Å². The van der Waals surface area contributed by atoms with Crippen LogP contribution in [0, 0.1) is 30.1 Å². The van der Waals surface area contributed by atoms with Crippen LogP contribution in [0.3, 0.4) is 0 Å². The van der Waals surface area contributed by atoms with Crippen LogP contribution < -0.4 is 5.32 Å². The first-order valence-electron chi connectivity index (χ1n) is 8.77. The maximum atomic E-state index is 4.28. The molecule has 114 valence electrons. The lowest BCUT2D eigenvalue weighted by Crippen LogP contribution is -2.54. The van der Waals surface area contributed by atoms with Crippen molar-refractivity contribution in [2.75, 3.05) is 0 Å². The Morgan fingerprint density at radius 3 is 2.38 bits per heavy atom. The van der Waals surface area contributed by atoms with E-state index in [4.69, 9.17) is 0 Å². The molecule has 0 amide bonds. The predicted octanol–water partition coefficient (Wildman–Crippen LogP) is 4.08. The Balaban J connectivity index is 1.45. The number of hydrogen-bond acceptors (Lipinski definition) is 2.